The van der Waals surface area contributed by atoms with Gasteiger partial charge in [-0.25, -0.2) is 4.79 Å². The highest BCUT2D eigenvalue weighted by atomic mass is 35.5. The van der Waals surface area contributed by atoms with Crippen LogP contribution >= 0.6 is 11.6 Å². The number of hydrogen-bond donors (Lipinski definition) is 1. The van der Waals surface area contributed by atoms with Crippen LogP contribution in [0.25, 0.3) is 0 Å². The predicted octanol–water partition coefficient (Wildman–Crippen LogP) is 1.58. The highest BCUT2D eigenvalue weighted by molar-refractivity contribution is 6.32. The number of carbonyl (C=O) groups is 1. The smallest absolute Gasteiger partial charge is 0.344 e. The molecule has 1 rings (SSSR count). The van der Waals surface area contributed by atoms with Gasteiger partial charge in [0.2, 0.25) is 0 Å². The summed E-state index contributed by atoms with van der Waals surface area (Å²) in [5.74, 6) is 5.24. The number of hydrogen-bond acceptors (Lipinski definition) is 6. The fourth-order valence-corrected chi connectivity index (χ4v) is 1.65. The van der Waals surface area contributed by atoms with Gasteiger partial charge in [-0.05, 0) is 24.6 Å². The van der Waals surface area contributed by atoms with E-state index in [2.05, 4.69) is 5.10 Å². The van der Waals surface area contributed by atoms with Crippen LogP contribution < -0.4 is 15.3 Å². The van der Waals surface area contributed by atoms with Crippen molar-refractivity contribution in [2.45, 2.75) is 6.92 Å². The molecule has 0 saturated heterocycles. The van der Waals surface area contributed by atoms with Crippen LogP contribution in [0.3, 0.4) is 0 Å². The standard InChI is InChI=1S/C12H15ClN2O4/c1-3-18-11(16)7-19-12-9(13)4-8(6-15-14)5-10(12)17-2/h4-6H,3,7,14H2,1-2H3. The number of nitrogens with two attached hydrogens (primary N) is 1. The molecule has 0 spiro atoms. The Bertz CT molecular complexity index is 477. The van der Waals surface area contributed by atoms with Crippen molar-refractivity contribution in [1.29, 1.82) is 0 Å². The number of nitrogens with zero attached hydrogens (tertiary/aromatic N) is 1. The van der Waals surface area contributed by atoms with E-state index in [-0.39, 0.29) is 12.4 Å². The average Bonchev–Trinajstić information content (AvgIpc) is 2.37. The number of halogens is 1. The molecule has 104 valence electrons. The Labute approximate surface area is 116 Å². The van der Waals surface area contributed by atoms with Crippen LogP contribution in [-0.4, -0.2) is 32.5 Å². The minimum Gasteiger partial charge on any atom is -0.493 e. The molecule has 7 heteroatoms. The minimum atomic E-state index is -0.479. The maximum Gasteiger partial charge on any atom is 0.344 e. The van der Waals surface area contributed by atoms with E-state index < -0.39 is 5.97 Å². The lowest BCUT2D eigenvalue weighted by Crippen LogP contribution is -2.15. The maximum absolute atomic E-state index is 11.2. The zero-order valence-corrected chi connectivity index (χ0v) is 11.4. The van der Waals surface area contributed by atoms with Crippen LogP contribution in [0.2, 0.25) is 5.02 Å². The van der Waals surface area contributed by atoms with Gasteiger partial charge >= 0.3 is 5.97 Å². The number of methoxy groups -OCH3 is 1. The van der Waals surface area contributed by atoms with Gasteiger partial charge in [-0.15, -0.1) is 0 Å². The molecule has 0 amide bonds. The van der Waals surface area contributed by atoms with Crippen LogP contribution in [-0.2, 0) is 9.53 Å². The molecule has 1 aromatic carbocycles. The summed E-state index contributed by atoms with van der Waals surface area (Å²) in [7, 11) is 1.46. The summed E-state index contributed by atoms with van der Waals surface area (Å²) < 4.78 is 15.2. The molecule has 0 radical (unpaired) electrons. The summed E-state index contributed by atoms with van der Waals surface area (Å²) in [5.41, 5.74) is 0.660. The monoisotopic (exact) mass is 286 g/mol. The van der Waals surface area contributed by atoms with Gasteiger partial charge in [0.05, 0.1) is 25.0 Å². The lowest BCUT2D eigenvalue weighted by Gasteiger charge is -2.12. The molecule has 0 fully saturated rings. The van der Waals surface area contributed by atoms with Crippen molar-refractivity contribution in [3.8, 4) is 11.5 Å². The van der Waals surface area contributed by atoms with Crippen LogP contribution in [0.1, 0.15) is 12.5 Å². The Balaban J connectivity index is 2.90. The lowest BCUT2D eigenvalue weighted by molar-refractivity contribution is -0.145. The quantitative estimate of drug-likeness (QED) is 0.371. The van der Waals surface area contributed by atoms with E-state index in [1.54, 1.807) is 19.1 Å². The van der Waals surface area contributed by atoms with Gasteiger partial charge in [-0.1, -0.05) is 11.6 Å². The highest BCUT2D eigenvalue weighted by Gasteiger charge is 2.13. The van der Waals surface area contributed by atoms with E-state index in [1.165, 1.54) is 13.3 Å². The maximum atomic E-state index is 11.2. The first kappa shape index (κ1) is 15.1. The normalized spacial score (nSPS) is 10.5. The average molecular weight is 287 g/mol. The van der Waals surface area contributed by atoms with Crippen LogP contribution in [0, 0.1) is 0 Å². The minimum absolute atomic E-state index is 0.242. The van der Waals surface area contributed by atoms with E-state index in [9.17, 15) is 4.79 Å². The molecule has 1 aromatic rings. The van der Waals surface area contributed by atoms with Crippen molar-refractivity contribution < 1.29 is 19.0 Å². The fourth-order valence-electron chi connectivity index (χ4n) is 1.37. The molecule has 6 nitrogen and oxygen atoms in total. The SMILES string of the molecule is CCOC(=O)COc1c(Cl)cc(C=NN)cc1OC. The van der Waals surface area contributed by atoms with Gasteiger partial charge in [0.15, 0.2) is 18.1 Å². The molecular formula is C12H15ClN2O4. The van der Waals surface area contributed by atoms with Gasteiger partial charge in [0.1, 0.15) is 0 Å². The van der Waals surface area contributed by atoms with Crippen molar-refractivity contribution in [2.75, 3.05) is 20.3 Å². The molecule has 0 saturated carbocycles. The Kier molecular flexibility index (Phi) is 5.95. The third kappa shape index (κ3) is 4.33. The number of benzene rings is 1. The molecule has 2 N–H and O–H groups in total. The number of hydrazone groups is 1. The molecule has 0 aromatic heterocycles. The molecule has 0 bridgehead atoms. The summed E-state index contributed by atoms with van der Waals surface area (Å²) in [6, 6.07) is 3.24. The first-order chi connectivity index (χ1) is 9.12. The van der Waals surface area contributed by atoms with E-state index in [1.807, 2.05) is 0 Å². The molecule has 19 heavy (non-hydrogen) atoms. The second-order valence-electron chi connectivity index (χ2n) is 3.41. The molecule has 0 heterocycles. The Morgan fingerprint density at radius 3 is 2.84 bits per heavy atom. The molecule has 0 aliphatic rings. The summed E-state index contributed by atoms with van der Waals surface area (Å²) in [6.07, 6.45) is 1.42. The zero-order valence-electron chi connectivity index (χ0n) is 10.7. The van der Waals surface area contributed by atoms with Crippen LogP contribution in [0.5, 0.6) is 11.5 Å². The second kappa shape index (κ2) is 7.48. The first-order valence-corrected chi connectivity index (χ1v) is 5.89. The number of ether oxygens (including phenoxy) is 3. The van der Waals surface area contributed by atoms with Crippen molar-refractivity contribution in [3.63, 3.8) is 0 Å². The zero-order chi connectivity index (χ0) is 14.3. The van der Waals surface area contributed by atoms with Crippen LogP contribution in [0.4, 0.5) is 0 Å². The van der Waals surface area contributed by atoms with E-state index in [0.717, 1.165) is 0 Å². The third-order valence-electron chi connectivity index (χ3n) is 2.12. The second-order valence-corrected chi connectivity index (χ2v) is 3.81. The summed E-state index contributed by atoms with van der Waals surface area (Å²) in [5, 5.41) is 3.69. The van der Waals surface area contributed by atoms with Gasteiger partial charge in [-0.3, -0.25) is 0 Å². The third-order valence-corrected chi connectivity index (χ3v) is 2.40. The van der Waals surface area contributed by atoms with Gasteiger partial charge in [-0.2, -0.15) is 5.10 Å². The van der Waals surface area contributed by atoms with Gasteiger partial charge in [0, 0.05) is 0 Å². The largest absolute Gasteiger partial charge is 0.493 e. The van der Waals surface area contributed by atoms with Crippen molar-refractivity contribution in [2.24, 2.45) is 10.9 Å². The Hall–Kier alpha value is -1.95. The van der Waals surface area contributed by atoms with Crippen LogP contribution in [0.15, 0.2) is 17.2 Å². The summed E-state index contributed by atoms with van der Waals surface area (Å²) in [6.45, 7) is 1.76. The summed E-state index contributed by atoms with van der Waals surface area (Å²) >= 11 is 6.05. The van der Waals surface area contributed by atoms with E-state index in [4.69, 9.17) is 31.7 Å². The number of rotatable bonds is 6. The van der Waals surface area contributed by atoms with Gasteiger partial charge < -0.3 is 20.1 Å². The fraction of sp³-hybridized carbons (Fsp3) is 0.333. The van der Waals surface area contributed by atoms with E-state index >= 15 is 0 Å². The predicted molar refractivity (Wildman–Crippen MR) is 71.9 cm³/mol. The molecular weight excluding hydrogens is 272 g/mol. The van der Waals surface area contributed by atoms with Crippen molar-refractivity contribution >= 4 is 23.8 Å². The highest BCUT2D eigenvalue weighted by Crippen LogP contribution is 2.36. The molecule has 0 unspecified atom stereocenters. The summed E-state index contributed by atoms with van der Waals surface area (Å²) in [4.78, 5) is 11.2. The van der Waals surface area contributed by atoms with Crippen molar-refractivity contribution in [1.82, 2.24) is 0 Å². The Morgan fingerprint density at radius 1 is 1.53 bits per heavy atom. The molecule has 0 atom stereocenters. The Morgan fingerprint density at radius 2 is 2.26 bits per heavy atom. The first-order valence-electron chi connectivity index (χ1n) is 5.51. The lowest BCUT2D eigenvalue weighted by atomic mass is 10.2. The molecule has 0 aliphatic carbocycles. The van der Waals surface area contributed by atoms with E-state index in [0.29, 0.717) is 22.9 Å². The van der Waals surface area contributed by atoms with Crippen molar-refractivity contribution in [3.05, 3.63) is 22.7 Å². The number of carbonyl (C=O) groups excluding carboxylic acids is 1. The number of esters is 1. The van der Waals surface area contributed by atoms with Gasteiger partial charge in [0.25, 0.3) is 0 Å². The topological polar surface area (TPSA) is 83.1 Å². The molecule has 0 aliphatic heterocycles.